The second kappa shape index (κ2) is 14.2. The third-order valence-electron chi connectivity index (χ3n) is 4.87. The zero-order valence-corrected chi connectivity index (χ0v) is 20.4. The molecule has 0 saturated heterocycles. The normalized spacial score (nSPS) is 11.5. The summed E-state index contributed by atoms with van der Waals surface area (Å²) in [6.07, 6.45) is 4.72. The lowest BCUT2D eigenvalue weighted by molar-refractivity contribution is -0.132. The number of nitrogens with one attached hydrogen (secondary N) is 1. The quantitative estimate of drug-likeness (QED) is 0.213. The number of hydrogen-bond donors (Lipinski definition) is 2. The van der Waals surface area contributed by atoms with E-state index in [4.69, 9.17) is 14.7 Å². The van der Waals surface area contributed by atoms with Gasteiger partial charge in [-0.3, -0.25) is 9.59 Å². The van der Waals surface area contributed by atoms with Crippen LogP contribution in [-0.4, -0.2) is 35.7 Å². The van der Waals surface area contributed by atoms with Crippen LogP contribution in [0.25, 0.3) is 0 Å². The van der Waals surface area contributed by atoms with Gasteiger partial charge in [0.15, 0.2) is 11.5 Å². The largest absolute Gasteiger partial charge is 0.493 e. The molecule has 0 bridgehead atoms. The van der Waals surface area contributed by atoms with Crippen molar-refractivity contribution in [1.82, 2.24) is 5.32 Å². The number of unbranched alkanes of at least 4 members (excludes halogenated alkanes) is 2. The number of nitrogens with zero attached hydrogens (tertiary/aromatic N) is 1. The zero-order chi connectivity index (χ0) is 24.9. The highest BCUT2D eigenvalue weighted by Crippen LogP contribution is 2.33. The van der Waals surface area contributed by atoms with Crippen LogP contribution in [-0.2, 0) is 16.0 Å². The van der Waals surface area contributed by atoms with E-state index in [0.717, 1.165) is 18.4 Å². The summed E-state index contributed by atoms with van der Waals surface area (Å²) < 4.78 is 10.7. The Bertz CT molecular complexity index is 900. The molecule has 0 aliphatic heterocycles. The first-order valence-electron chi connectivity index (χ1n) is 11.3. The molecule has 1 rings (SSSR count). The number of nitriles is 1. The van der Waals surface area contributed by atoms with Crippen LogP contribution in [0.5, 0.6) is 11.5 Å². The number of carbonyl (C=O) groups is 2. The lowest BCUT2D eigenvalue weighted by atomic mass is 9.99. The number of hydrogen-bond acceptors (Lipinski definition) is 6. The van der Waals surface area contributed by atoms with Gasteiger partial charge >= 0.3 is 5.97 Å². The molecule has 1 atom stereocenters. The first-order chi connectivity index (χ1) is 15.6. The van der Waals surface area contributed by atoms with Crippen LogP contribution in [0.2, 0.25) is 0 Å². The molecule has 1 aromatic carbocycles. The van der Waals surface area contributed by atoms with Crippen molar-refractivity contribution in [3.05, 3.63) is 23.3 Å². The fourth-order valence-corrected chi connectivity index (χ4v) is 3.23. The van der Waals surface area contributed by atoms with Gasteiger partial charge in [-0.05, 0) is 70.6 Å². The Kier molecular flexibility index (Phi) is 12.0. The van der Waals surface area contributed by atoms with Crippen LogP contribution in [0.1, 0.15) is 83.8 Å². The summed E-state index contributed by atoms with van der Waals surface area (Å²) in [7, 11) is 1.48. The Balaban J connectivity index is 2.84. The monoisotopic (exact) mass is 456 g/mol. The van der Waals surface area contributed by atoms with Gasteiger partial charge in [0.1, 0.15) is 0 Å². The topological polar surface area (TPSA) is 109 Å². The van der Waals surface area contributed by atoms with Gasteiger partial charge in [0.05, 0.1) is 24.3 Å². The Morgan fingerprint density at radius 1 is 1.24 bits per heavy atom. The van der Waals surface area contributed by atoms with Crippen molar-refractivity contribution < 1.29 is 24.2 Å². The molecule has 0 aliphatic rings. The van der Waals surface area contributed by atoms with Crippen LogP contribution >= 0.6 is 0 Å². The maximum absolute atomic E-state index is 12.4. The van der Waals surface area contributed by atoms with Gasteiger partial charge in [0.25, 0.3) is 0 Å². The fraction of sp³-hybridized carbons (Fsp3) is 0.577. The standard InChI is InChI=1S/C26H36N2O5/c1-19(11-10-15-26(3,4)31)28-24(30)14-13-21-17-22(12-8-6-7-9-16-27)25(33-20(2)29)23(18-21)32-5/h17-19,31H,6-7,9-11,13-15H2,1-5H3,(H,28,30). The Morgan fingerprint density at radius 3 is 2.58 bits per heavy atom. The number of benzene rings is 1. The summed E-state index contributed by atoms with van der Waals surface area (Å²) in [6.45, 7) is 6.83. The summed E-state index contributed by atoms with van der Waals surface area (Å²) in [5.74, 6) is 6.11. The van der Waals surface area contributed by atoms with Gasteiger partial charge in [-0.1, -0.05) is 11.8 Å². The van der Waals surface area contributed by atoms with Crippen LogP contribution in [0, 0.1) is 23.2 Å². The number of carbonyl (C=O) groups excluding carboxylic acids is 2. The molecule has 0 heterocycles. The molecule has 0 spiro atoms. The van der Waals surface area contributed by atoms with E-state index in [0.29, 0.717) is 49.8 Å². The van der Waals surface area contributed by atoms with Gasteiger partial charge in [-0.2, -0.15) is 5.26 Å². The zero-order valence-electron chi connectivity index (χ0n) is 20.4. The van der Waals surface area contributed by atoms with Gasteiger partial charge in [0.2, 0.25) is 5.91 Å². The van der Waals surface area contributed by atoms with Crippen molar-refractivity contribution in [2.24, 2.45) is 0 Å². The fourth-order valence-electron chi connectivity index (χ4n) is 3.23. The van der Waals surface area contributed by atoms with Gasteiger partial charge in [0, 0.05) is 32.2 Å². The van der Waals surface area contributed by atoms with Crippen molar-refractivity contribution in [2.75, 3.05) is 7.11 Å². The van der Waals surface area contributed by atoms with Crippen molar-refractivity contribution in [1.29, 1.82) is 5.26 Å². The first-order valence-corrected chi connectivity index (χ1v) is 11.3. The number of rotatable bonds is 12. The summed E-state index contributed by atoms with van der Waals surface area (Å²) in [5, 5.41) is 21.4. The lowest BCUT2D eigenvalue weighted by Gasteiger charge is -2.19. The van der Waals surface area contributed by atoms with Crippen molar-refractivity contribution in [3.8, 4) is 29.4 Å². The van der Waals surface area contributed by atoms with Crippen molar-refractivity contribution >= 4 is 11.9 Å². The Morgan fingerprint density at radius 2 is 1.97 bits per heavy atom. The molecule has 7 nitrogen and oxygen atoms in total. The van der Waals surface area contributed by atoms with E-state index in [-0.39, 0.29) is 17.7 Å². The SMILES string of the molecule is COc1cc(CCC(=O)NC(C)CCCC(C)(C)O)cc(C#CCCCC#N)c1OC(C)=O. The van der Waals surface area contributed by atoms with Crippen LogP contribution in [0.4, 0.5) is 0 Å². The van der Waals surface area contributed by atoms with Crippen LogP contribution in [0.15, 0.2) is 12.1 Å². The number of aryl methyl sites for hydroxylation is 1. The van der Waals surface area contributed by atoms with E-state index in [9.17, 15) is 14.7 Å². The van der Waals surface area contributed by atoms with E-state index in [1.54, 1.807) is 26.0 Å². The van der Waals surface area contributed by atoms with Crippen LogP contribution < -0.4 is 14.8 Å². The molecule has 0 radical (unpaired) electrons. The van der Waals surface area contributed by atoms with Gasteiger partial charge in [-0.25, -0.2) is 0 Å². The molecule has 180 valence electrons. The average molecular weight is 457 g/mol. The van der Waals surface area contributed by atoms with Crippen LogP contribution in [0.3, 0.4) is 0 Å². The molecule has 1 amide bonds. The molecule has 0 fully saturated rings. The molecular weight excluding hydrogens is 420 g/mol. The predicted molar refractivity (Wildman–Crippen MR) is 127 cm³/mol. The Hall–Kier alpha value is -3.03. The molecule has 1 aromatic rings. The maximum atomic E-state index is 12.4. The highest BCUT2D eigenvalue weighted by Gasteiger charge is 2.16. The lowest BCUT2D eigenvalue weighted by Crippen LogP contribution is -2.33. The molecule has 0 aliphatic carbocycles. The summed E-state index contributed by atoms with van der Waals surface area (Å²) in [6, 6.07) is 5.66. The minimum absolute atomic E-state index is 0.0237. The molecule has 0 aromatic heterocycles. The predicted octanol–water partition coefficient (Wildman–Crippen LogP) is 4.04. The molecular formula is C26H36N2O5. The van der Waals surface area contributed by atoms with Gasteiger partial charge < -0.3 is 19.9 Å². The average Bonchev–Trinajstić information content (AvgIpc) is 2.71. The third kappa shape index (κ3) is 12.0. The molecule has 2 N–H and O–H groups in total. The number of aliphatic hydroxyl groups is 1. The van der Waals surface area contributed by atoms with E-state index in [1.165, 1.54) is 14.0 Å². The minimum atomic E-state index is -0.697. The minimum Gasteiger partial charge on any atom is -0.493 e. The smallest absolute Gasteiger partial charge is 0.308 e. The third-order valence-corrected chi connectivity index (χ3v) is 4.87. The summed E-state index contributed by atoms with van der Waals surface area (Å²) in [4.78, 5) is 23.9. The highest BCUT2D eigenvalue weighted by atomic mass is 16.6. The number of methoxy groups -OCH3 is 1. The van der Waals surface area contributed by atoms with Crippen molar-refractivity contribution in [3.63, 3.8) is 0 Å². The Labute approximate surface area is 197 Å². The van der Waals surface area contributed by atoms with Gasteiger partial charge in [-0.15, -0.1) is 0 Å². The second-order valence-corrected chi connectivity index (χ2v) is 8.76. The molecule has 33 heavy (non-hydrogen) atoms. The summed E-state index contributed by atoms with van der Waals surface area (Å²) >= 11 is 0. The number of amides is 1. The maximum Gasteiger partial charge on any atom is 0.308 e. The van der Waals surface area contributed by atoms with E-state index in [2.05, 4.69) is 23.2 Å². The first kappa shape index (κ1) is 28.0. The molecule has 1 unspecified atom stereocenters. The number of esters is 1. The van der Waals surface area contributed by atoms with E-state index in [1.807, 2.05) is 6.92 Å². The molecule has 7 heteroatoms. The molecule has 0 saturated carbocycles. The number of ether oxygens (including phenoxy) is 2. The second-order valence-electron chi connectivity index (χ2n) is 8.76. The van der Waals surface area contributed by atoms with Crippen molar-refractivity contribution in [2.45, 2.75) is 90.7 Å². The van der Waals surface area contributed by atoms with E-state index >= 15 is 0 Å². The highest BCUT2D eigenvalue weighted by molar-refractivity contribution is 5.76. The van der Waals surface area contributed by atoms with E-state index < -0.39 is 11.6 Å². The summed E-state index contributed by atoms with van der Waals surface area (Å²) in [5.41, 5.74) is 0.656.